The van der Waals surface area contributed by atoms with Crippen LogP contribution in [0, 0.1) is 5.82 Å². The quantitative estimate of drug-likeness (QED) is 0.612. The molecule has 0 bridgehead atoms. The molecule has 0 unspecified atom stereocenters. The summed E-state index contributed by atoms with van der Waals surface area (Å²) in [5.74, 6) is 0.152. The lowest BCUT2D eigenvalue weighted by Gasteiger charge is -2.37. The Morgan fingerprint density at radius 1 is 1.09 bits per heavy atom. The van der Waals surface area contributed by atoms with Gasteiger partial charge < -0.3 is 25.4 Å². The Hall–Kier alpha value is -3.39. The second-order valence-electron chi connectivity index (χ2n) is 9.36. The number of nitrogens with zero attached hydrogens (tertiary/aromatic N) is 4. The molecule has 0 spiro atoms. The van der Waals surface area contributed by atoms with E-state index in [1.165, 1.54) is 63.7 Å². The van der Waals surface area contributed by atoms with Gasteiger partial charge in [0.15, 0.2) is 11.6 Å². The molecule has 3 N–H and O–H groups in total. The van der Waals surface area contributed by atoms with Gasteiger partial charge in [-0.05, 0) is 81.2 Å². The summed E-state index contributed by atoms with van der Waals surface area (Å²) < 4.78 is 19.0. The van der Waals surface area contributed by atoms with E-state index in [4.69, 9.17) is 10.5 Å². The lowest BCUT2D eigenvalue weighted by atomic mass is 10.0. The number of methoxy groups -OCH3 is 1. The van der Waals surface area contributed by atoms with E-state index in [0.29, 0.717) is 17.0 Å². The summed E-state index contributed by atoms with van der Waals surface area (Å²) in [6.45, 7) is 4.68. The van der Waals surface area contributed by atoms with Crippen LogP contribution < -0.4 is 15.4 Å². The summed E-state index contributed by atoms with van der Waals surface area (Å²) in [4.78, 5) is 14.0. The number of hydrogen-bond donors (Lipinski definition) is 2. The predicted molar refractivity (Wildman–Crippen MR) is 138 cm³/mol. The van der Waals surface area contributed by atoms with Gasteiger partial charge in [0.2, 0.25) is 0 Å². The van der Waals surface area contributed by atoms with Crippen LogP contribution in [-0.2, 0) is 0 Å². The minimum Gasteiger partial charge on any atom is -0.507 e. The van der Waals surface area contributed by atoms with Crippen molar-refractivity contribution in [3.63, 3.8) is 0 Å². The molecule has 3 aliphatic heterocycles. The fourth-order valence-electron chi connectivity index (χ4n) is 5.24. The van der Waals surface area contributed by atoms with Gasteiger partial charge in [0.05, 0.1) is 12.8 Å². The molecule has 2 saturated heterocycles. The highest BCUT2D eigenvalue weighted by molar-refractivity contribution is 6.17. The van der Waals surface area contributed by atoms with Gasteiger partial charge in [-0.25, -0.2) is 14.4 Å². The normalized spacial score (nSPS) is 22.1. The highest BCUT2D eigenvalue weighted by Gasteiger charge is 2.26. The Labute approximate surface area is 205 Å². The number of aliphatic hydroxyl groups is 1. The van der Waals surface area contributed by atoms with Crippen molar-refractivity contribution >= 4 is 28.8 Å². The van der Waals surface area contributed by atoms with E-state index in [1.807, 2.05) is 12.1 Å². The van der Waals surface area contributed by atoms with Crippen molar-refractivity contribution in [2.75, 3.05) is 38.2 Å². The van der Waals surface area contributed by atoms with Gasteiger partial charge in [-0.15, -0.1) is 0 Å². The number of aliphatic imine (C=N–C) groups is 2. The van der Waals surface area contributed by atoms with Crippen LogP contribution in [0.2, 0.25) is 0 Å². The van der Waals surface area contributed by atoms with E-state index in [9.17, 15) is 9.50 Å². The zero-order chi connectivity index (χ0) is 24.4. The van der Waals surface area contributed by atoms with Crippen LogP contribution in [0.4, 0.5) is 15.8 Å². The number of piperidine rings is 1. The number of anilines is 1. The van der Waals surface area contributed by atoms with Crippen molar-refractivity contribution in [3.8, 4) is 5.75 Å². The minimum atomic E-state index is -0.556. The highest BCUT2D eigenvalue weighted by atomic mass is 19.1. The zero-order valence-corrected chi connectivity index (χ0v) is 20.1. The van der Waals surface area contributed by atoms with Gasteiger partial charge in [-0.1, -0.05) is 0 Å². The number of likely N-dealkylation sites (tertiary alicyclic amines) is 1. The Balaban J connectivity index is 1.24. The SMILES string of the molecule is COc1ccc(/C(O)=C2\CC(=Nc3ccc(N4CCC(N5CCCC5)CC4)cc3)N=C2N)cc1F. The lowest BCUT2D eigenvalue weighted by molar-refractivity contribution is 0.208. The van der Waals surface area contributed by atoms with E-state index >= 15 is 0 Å². The van der Waals surface area contributed by atoms with Gasteiger partial charge in [0.25, 0.3) is 0 Å². The van der Waals surface area contributed by atoms with Gasteiger partial charge in [0.1, 0.15) is 17.4 Å². The first kappa shape index (κ1) is 23.4. The molecule has 2 fully saturated rings. The Morgan fingerprint density at radius 3 is 2.46 bits per heavy atom. The summed E-state index contributed by atoms with van der Waals surface area (Å²) in [6.07, 6.45) is 5.40. The Morgan fingerprint density at radius 2 is 1.80 bits per heavy atom. The molecule has 0 amide bonds. The molecule has 0 atom stereocenters. The standard InChI is InChI=1S/C27H32FN5O2/c1-35-24-9-4-18(16-23(24)28)26(34)22-17-25(31-27(22)29)30-19-5-7-20(8-6-19)33-14-10-21(11-15-33)32-12-2-3-13-32/h4-9,16,21,34H,2-3,10-15,17H2,1H3,(H2,29,30,31)/b26-22-. The fourth-order valence-corrected chi connectivity index (χ4v) is 5.24. The number of rotatable bonds is 5. The third-order valence-electron chi connectivity index (χ3n) is 7.20. The van der Waals surface area contributed by atoms with E-state index in [1.54, 1.807) is 6.07 Å². The molecule has 5 rings (SSSR count). The zero-order valence-electron chi connectivity index (χ0n) is 20.1. The maximum Gasteiger partial charge on any atom is 0.165 e. The van der Waals surface area contributed by atoms with Crippen LogP contribution >= 0.6 is 0 Å². The molecule has 0 aromatic heterocycles. The number of nitrogens with two attached hydrogens (primary N) is 1. The molecule has 0 aliphatic carbocycles. The monoisotopic (exact) mass is 477 g/mol. The van der Waals surface area contributed by atoms with Crippen molar-refractivity contribution in [1.82, 2.24) is 4.90 Å². The molecule has 3 aliphatic rings. The van der Waals surface area contributed by atoms with Crippen molar-refractivity contribution in [1.29, 1.82) is 0 Å². The van der Waals surface area contributed by atoms with Crippen LogP contribution in [0.15, 0.2) is 58.0 Å². The van der Waals surface area contributed by atoms with Crippen LogP contribution in [0.25, 0.3) is 5.76 Å². The van der Waals surface area contributed by atoms with Crippen LogP contribution in [-0.4, -0.2) is 61.0 Å². The molecule has 184 valence electrons. The van der Waals surface area contributed by atoms with Gasteiger partial charge >= 0.3 is 0 Å². The summed E-state index contributed by atoms with van der Waals surface area (Å²) in [6, 6.07) is 13.2. The maximum absolute atomic E-state index is 14.1. The van der Waals surface area contributed by atoms with Crippen molar-refractivity contribution in [2.45, 2.75) is 38.1 Å². The van der Waals surface area contributed by atoms with E-state index in [-0.39, 0.29) is 23.8 Å². The van der Waals surface area contributed by atoms with Gasteiger partial charge in [-0.3, -0.25) is 0 Å². The first-order chi connectivity index (χ1) is 17.0. The molecule has 0 radical (unpaired) electrons. The number of hydrogen-bond acceptors (Lipinski definition) is 6. The largest absolute Gasteiger partial charge is 0.507 e. The summed E-state index contributed by atoms with van der Waals surface area (Å²) in [7, 11) is 1.39. The van der Waals surface area contributed by atoms with Gasteiger partial charge in [0, 0.05) is 42.4 Å². The van der Waals surface area contributed by atoms with Crippen LogP contribution in [0.5, 0.6) is 5.75 Å². The molecule has 7 nitrogen and oxygen atoms in total. The van der Waals surface area contributed by atoms with E-state index in [2.05, 4.69) is 31.9 Å². The lowest BCUT2D eigenvalue weighted by Crippen LogP contribution is -2.43. The van der Waals surface area contributed by atoms with Crippen LogP contribution in [0.1, 0.15) is 37.7 Å². The fraction of sp³-hybridized carbons (Fsp3) is 0.407. The molecular formula is C27H32FN5O2. The second kappa shape index (κ2) is 10.1. The molecular weight excluding hydrogens is 445 g/mol. The van der Waals surface area contributed by atoms with Crippen LogP contribution in [0.3, 0.4) is 0 Å². The van der Waals surface area contributed by atoms with E-state index < -0.39 is 5.82 Å². The smallest absolute Gasteiger partial charge is 0.165 e. The first-order valence-electron chi connectivity index (χ1n) is 12.3. The topological polar surface area (TPSA) is 86.7 Å². The van der Waals surface area contributed by atoms with Crippen molar-refractivity contribution < 1.29 is 14.2 Å². The van der Waals surface area contributed by atoms with Gasteiger partial charge in [-0.2, -0.15) is 0 Å². The Kier molecular flexibility index (Phi) is 6.72. The summed E-state index contributed by atoms with van der Waals surface area (Å²) in [5.41, 5.74) is 8.80. The number of halogens is 1. The predicted octanol–water partition coefficient (Wildman–Crippen LogP) is 4.66. The maximum atomic E-state index is 14.1. The first-order valence-corrected chi connectivity index (χ1v) is 12.3. The third kappa shape index (κ3) is 5.03. The number of ether oxygens (including phenoxy) is 1. The molecule has 35 heavy (non-hydrogen) atoms. The molecule has 0 saturated carbocycles. The summed E-state index contributed by atoms with van der Waals surface area (Å²) in [5, 5.41) is 10.7. The Bertz CT molecular complexity index is 1160. The average Bonchev–Trinajstić information content (AvgIpc) is 3.54. The number of aliphatic hydroxyl groups excluding tert-OH is 1. The molecule has 3 heterocycles. The summed E-state index contributed by atoms with van der Waals surface area (Å²) >= 11 is 0. The van der Waals surface area contributed by atoms with Crippen molar-refractivity contribution in [3.05, 3.63) is 59.4 Å². The number of benzene rings is 2. The minimum absolute atomic E-state index is 0.106. The van der Waals surface area contributed by atoms with E-state index in [0.717, 1.165) is 24.8 Å². The molecule has 2 aromatic carbocycles. The van der Waals surface area contributed by atoms with Crippen molar-refractivity contribution in [2.24, 2.45) is 15.7 Å². The molecule has 2 aromatic rings. The second-order valence-corrected chi connectivity index (χ2v) is 9.36. The molecule has 8 heteroatoms. The highest BCUT2D eigenvalue weighted by Crippen LogP contribution is 2.29. The number of amidine groups is 2. The average molecular weight is 478 g/mol. The third-order valence-corrected chi connectivity index (χ3v) is 7.20.